The first-order chi connectivity index (χ1) is 15.9. The lowest BCUT2D eigenvalue weighted by molar-refractivity contribution is 0.175. The van der Waals surface area contributed by atoms with Crippen LogP contribution in [0, 0.1) is 13.8 Å². The van der Waals surface area contributed by atoms with E-state index in [2.05, 4.69) is 4.98 Å². The monoisotopic (exact) mass is 485 g/mol. The highest BCUT2D eigenvalue weighted by Gasteiger charge is 2.17. The van der Waals surface area contributed by atoms with Gasteiger partial charge in [-0.25, -0.2) is 4.98 Å². The Bertz CT molecular complexity index is 1320. The van der Waals surface area contributed by atoms with Gasteiger partial charge in [0, 0.05) is 0 Å². The first kappa shape index (κ1) is 23.0. The van der Waals surface area contributed by atoms with E-state index < -0.39 is 10.1 Å². The molecule has 0 radical (unpaired) electrons. The lowest BCUT2D eigenvalue weighted by Gasteiger charge is -2.08. The van der Waals surface area contributed by atoms with E-state index in [1.54, 1.807) is 23.5 Å². The predicted octanol–water partition coefficient (Wildman–Crippen LogP) is 5.11. The zero-order valence-electron chi connectivity index (χ0n) is 18.2. The smallest absolute Gasteiger partial charge is 0.297 e. The van der Waals surface area contributed by atoms with Gasteiger partial charge in [0.25, 0.3) is 10.1 Å². The van der Waals surface area contributed by atoms with Crippen LogP contribution in [-0.2, 0) is 14.3 Å². The number of ether oxygens (including phenoxy) is 3. The van der Waals surface area contributed by atoms with Gasteiger partial charge in [-0.3, -0.25) is 4.18 Å². The van der Waals surface area contributed by atoms with Gasteiger partial charge in [0.2, 0.25) is 6.79 Å². The summed E-state index contributed by atoms with van der Waals surface area (Å²) in [5.41, 5.74) is 4.92. The van der Waals surface area contributed by atoms with E-state index in [9.17, 15) is 8.42 Å². The largest absolute Gasteiger partial charge is 0.491 e. The van der Waals surface area contributed by atoms with Crippen molar-refractivity contribution >= 4 is 31.7 Å². The van der Waals surface area contributed by atoms with Crippen LogP contribution in [0.4, 0.5) is 0 Å². The number of nitrogens with zero attached hydrogens (tertiary/aromatic N) is 1. The number of benzene rings is 3. The van der Waals surface area contributed by atoms with Crippen LogP contribution in [0.1, 0.15) is 11.1 Å². The van der Waals surface area contributed by atoms with Crippen molar-refractivity contribution in [2.75, 3.05) is 20.0 Å². The van der Waals surface area contributed by atoms with E-state index in [1.807, 2.05) is 55.8 Å². The van der Waals surface area contributed by atoms with E-state index in [0.717, 1.165) is 32.8 Å². The molecule has 0 saturated carbocycles. The molecular weight excluding hydrogens is 462 g/mol. The summed E-state index contributed by atoms with van der Waals surface area (Å²) in [4.78, 5) is 4.34. The van der Waals surface area contributed by atoms with Gasteiger partial charge in [0.15, 0.2) is 11.5 Å². The second-order valence-corrected chi connectivity index (χ2v) is 9.72. The average Bonchev–Trinajstić information content (AvgIpc) is 3.47. The van der Waals surface area contributed by atoms with Crippen molar-refractivity contribution < 1.29 is 26.8 Å². The second kappa shape index (κ2) is 10.2. The zero-order valence-corrected chi connectivity index (χ0v) is 19.8. The van der Waals surface area contributed by atoms with Crippen LogP contribution in [0.5, 0.6) is 17.2 Å². The Kier molecular flexibility index (Phi) is 7.12. The molecule has 4 aromatic rings. The molecule has 0 atom stereocenters. The van der Waals surface area contributed by atoms with E-state index in [0.29, 0.717) is 12.5 Å². The number of aromatic nitrogens is 1. The highest BCUT2D eigenvalue weighted by Crippen LogP contribution is 2.40. The molecule has 0 N–H and O–H groups in total. The molecular formula is C24H23NO6S2. The van der Waals surface area contributed by atoms with Crippen molar-refractivity contribution in [2.24, 2.45) is 0 Å². The van der Waals surface area contributed by atoms with Crippen molar-refractivity contribution in [1.29, 1.82) is 0 Å². The summed E-state index contributed by atoms with van der Waals surface area (Å²) < 4.78 is 45.8. The van der Waals surface area contributed by atoms with Crippen LogP contribution in [0.2, 0.25) is 0 Å². The summed E-state index contributed by atoms with van der Waals surface area (Å²) in [5.74, 6) is 2.36. The molecule has 2 heterocycles. The minimum atomic E-state index is -3.72. The van der Waals surface area contributed by atoms with Gasteiger partial charge in [-0.1, -0.05) is 35.4 Å². The second-order valence-electron chi connectivity index (χ2n) is 7.25. The lowest BCUT2D eigenvalue weighted by atomic mass is 10.2. The van der Waals surface area contributed by atoms with Crippen molar-refractivity contribution in [2.45, 2.75) is 18.7 Å². The molecule has 33 heavy (non-hydrogen) atoms. The van der Waals surface area contributed by atoms with Crippen LogP contribution < -0.4 is 14.2 Å². The van der Waals surface area contributed by atoms with Gasteiger partial charge in [0.1, 0.15) is 23.7 Å². The summed E-state index contributed by atoms with van der Waals surface area (Å²) in [7, 11) is -3.72. The van der Waals surface area contributed by atoms with E-state index >= 15 is 0 Å². The fourth-order valence-corrected chi connectivity index (χ4v) is 4.67. The summed E-state index contributed by atoms with van der Waals surface area (Å²) in [6.45, 7) is 4.36. The fourth-order valence-electron chi connectivity index (χ4n) is 3.00. The molecule has 172 valence electrons. The molecule has 5 rings (SSSR count). The number of aryl methyl sites for hydroxylation is 2. The third-order valence-electron chi connectivity index (χ3n) is 4.76. The fraction of sp³-hybridized carbons (Fsp3) is 0.208. The molecule has 0 saturated heterocycles. The minimum absolute atomic E-state index is 0.0237. The number of thiazole rings is 1. The quantitative estimate of drug-likeness (QED) is 0.277. The first-order valence-corrected chi connectivity index (χ1v) is 12.5. The Morgan fingerprint density at radius 1 is 0.909 bits per heavy atom. The Morgan fingerprint density at radius 2 is 1.61 bits per heavy atom. The van der Waals surface area contributed by atoms with Crippen molar-refractivity contribution in [3.05, 3.63) is 77.3 Å². The SMILES string of the molecule is Cc1ccc(OCCOS(=O)(=O)c2ccc(C)cc2)cc1.c1nc2ccc3c(c2s1)OCO3. The molecule has 1 aliphatic heterocycles. The average molecular weight is 486 g/mol. The maximum atomic E-state index is 11.9. The third-order valence-corrected chi connectivity index (χ3v) is 6.92. The molecule has 0 unspecified atom stereocenters. The number of rotatable bonds is 6. The molecule has 0 spiro atoms. The molecule has 0 bridgehead atoms. The van der Waals surface area contributed by atoms with Crippen LogP contribution in [-0.4, -0.2) is 33.4 Å². The number of hydrogen-bond acceptors (Lipinski definition) is 8. The Hall–Kier alpha value is -3.14. The number of hydrogen-bond donors (Lipinski definition) is 0. The molecule has 0 amide bonds. The van der Waals surface area contributed by atoms with E-state index in [4.69, 9.17) is 18.4 Å². The zero-order chi connectivity index (χ0) is 23.3. The Labute approximate surface area is 196 Å². The van der Waals surface area contributed by atoms with Gasteiger partial charge in [-0.2, -0.15) is 8.42 Å². The molecule has 1 aliphatic rings. The summed E-state index contributed by atoms with van der Waals surface area (Å²) in [5, 5.41) is 0. The van der Waals surface area contributed by atoms with Crippen molar-refractivity contribution in [3.63, 3.8) is 0 Å². The van der Waals surface area contributed by atoms with Gasteiger partial charge in [-0.05, 0) is 50.2 Å². The highest BCUT2D eigenvalue weighted by atomic mass is 32.2. The molecule has 0 fully saturated rings. The van der Waals surface area contributed by atoms with E-state index in [1.165, 1.54) is 12.1 Å². The van der Waals surface area contributed by atoms with Gasteiger partial charge < -0.3 is 14.2 Å². The number of fused-ring (bicyclic) bond motifs is 3. The highest BCUT2D eigenvalue weighted by molar-refractivity contribution is 7.86. The van der Waals surface area contributed by atoms with Gasteiger partial charge in [0.05, 0.1) is 15.9 Å². The maximum absolute atomic E-state index is 11.9. The first-order valence-electron chi connectivity index (χ1n) is 10.2. The Balaban J connectivity index is 0.000000180. The topological polar surface area (TPSA) is 84.0 Å². The normalized spacial score (nSPS) is 12.3. The lowest BCUT2D eigenvalue weighted by Crippen LogP contribution is -2.13. The van der Waals surface area contributed by atoms with Crippen molar-refractivity contribution in [3.8, 4) is 17.2 Å². The molecule has 9 heteroatoms. The van der Waals surface area contributed by atoms with Crippen LogP contribution >= 0.6 is 11.3 Å². The van der Waals surface area contributed by atoms with Gasteiger partial charge in [-0.15, -0.1) is 11.3 Å². The Morgan fingerprint density at radius 3 is 2.33 bits per heavy atom. The third kappa shape index (κ3) is 5.81. The molecule has 7 nitrogen and oxygen atoms in total. The summed E-state index contributed by atoms with van der Waals surface area (Å²) >= 11 is 1.58. The van der Waals surface area contributed by atoms with E-state index in [-0.39, 0.29) is 18.1 Å². The summed E-state index contributed by atoms with van der Waals surface area (Å²) in [6, 6.07) is 17.9. The minimum Gasteiger partial charge on any atom is -0.491 e. The van der Waals surface area contributed by atoms with Crippen molar-refractivity contribution in [1.82, 2.24) is 4.98 Å². The maximum Gasteiger partial charge on any atom is 0.297 e. The van der Waals surface area contributed by atoms with Crippen LogP contribution in [0.25, 0.3) is 10.2 Å². The van der Waals surface area contributed by atoms with Gasteiger partial charge >= 0.3 is 0 Å². The molecule has 3 aromatic carbocycles. The van der Waals surface area contributed by atoms with Crippen LogP contribution in [0.15, 0.2) is 71.1 Å². The molecule has 1 aromatic heterocycles. The standard InChI is InChI=1S/C16H18O4S.C8H5NO2S/c1-13-3-7-15(8-4-13)19-11-12-20-21(17,18)16-9-5-14(2)6-10-16;1-2-6-7(11-4-10-6)8-5(1)9-3-12-8/h3-10H,11-12H2,1-2H3;1-3H,4H2. The summed E-state index contributed by atoms with van der Waals surface area (Å²) in [6.07, 6.45) is 0. The predicted molar refractivity (Wildman–Crippen MR) is 127 cm³/mol. The van der Waals surface area contributed by atoms with Crippen LogP contribution in [0.3, 0.4) is 0 Å². The molecule has 0 aliphatic carbocycles.